The van der Waals surface area contributed by atoms with Crippen molar-refractivity contribution in [3.8, 4) is 0 Å². The van der Waals surface area contributed by atoms with E-state index in [9.17, 15) is 14.3 Å². The first-order chi connectivity index (χ1) is 13.9. The summed E-state index contributed by atoms with van der Waals surface area (Å²) in [6, 6.07) is 8.70. The fourth-order valence-electron chi connectivity index (χ4n) is 5.94. The van der Waals surface area contributed by atoms with Gasteiger partial charge in [-0.1, -0.05) is 36.4 Å². The lowest BCUT2D eigenvalue weighted by Crippen LogP contribution is -2.45. The Bertz CT molecular complexity index is 814. The van der Waals surface area contributed by atoms with Crippen molar-refractivity contribution in [3.63, 3.8) is 0 Å². The minimum absolute atomic E-state index is 0.0183. The highest BCUT2D eigenvalue weighted by Crippen LogP contribution is 2.50. The molecule has 3 aliphatic carbocycles. The lowest BCUT2D eigenvalue weighted by Gasteiger charge is -2.32. The van der Waals surface area contributed by atoms with E-state index in [4.69, 9.17) is 0 Å². The predicted octanol–water partition coefficient (Wildman–Crippen LogP) is 4.87. The summed E-state index contributed by atoms with van der Waals surface area (Å²) < 4.78 is 11.4. The van der Waals surface area contributed by atoms with Gasteiger partial charge in [0, 0.05) is 18.9 Å². The molecule has 2 N–H and O–H groups in total. The number of aryl methyl sites for hydroxylation is 1. The molecule has 2 fully saturated rings. The maximum Gasteiger partial charge on any atom is 0.227 e. The van der Waals surface area contributed by atoms with Crippen LogP contribution in [0.25, 0.3) is 0 Å². The summed E-state index contributed by atoms with van der Waals surface area (Å²) in [6.45, 7) is 1.43. The van der Waals surface area contributed by atoms with Crippen LogP contribution in [0.3, 0.4) is 0 Å². The highest BCUT2D eigenvalue weighted by Gasteiger charge is 2.48. The average Bonchev–Trinajstić information content (AvgIpc) is 3.38. The first-order valence-electron chi connectivity index (χ1n) is 11.2. The van der Waals surface area contributed by atoms with Gasteiger partial charge in [0.1, 0.15) is 0 Å². The van der Waals surface area contributed by atoms with E-state index >= 15 is 0 Å². The number of amides is 1. The van der Waals surface area contributed by atoms with Crippen LogP contribution in [0.4, 0.5) is 0 Å². The Labute approximate surface area is 174 Å². The fourth-order valence-corrected chi connectivity index (χ4v) is 6.71. The lowest BCUT2D eigenvalue weighted by atomic mass is 9.81. The van der Waals surface area contributed by atoms with Crippen LogP contribution in [0.5, 0.6) is 0 Å². The number of fused-ring (bicyclic) bond motifs is 3. The van der Waals surface area contributed by atoms with Crippen molar-refractivity contribution < 1.29 is 14.3 Å². The van der Waals surface area contributed by atoms with E-state index in [1.165, 1.54) is 37.1 Å². The Morgan fingerprint density at radius 1 is 1.21 bits per heavy atom. The van der Waals surface area contributed by atoms with Crippen LogP contribution in [0.15, 0.2) is 36.4 Å². The molecule has 3 aliphatic rings. The molecule has 1 aromatic rings. The van der Waals surface area contributed by atoms with Gasteiger partial charge >= 0.3 is 0 Å². The molecule has 5 heteroatoms. The van der Waals surface area contributed by atoms with E-state index < -0.39 is 7.37 Å². The average molecular weight is 416 g/mol. The Morgan fingerprint density at radius 2 is 2.00 bits per heavy atom. The van der Waals surface area contributed by atoms with Crippen molar-refractivity contribution >= 4 is 13.3 Å². The van der Waals surface area contributed by atoms with E-state index in [1.54, 1.807) is 0 Å². The second-order valence-corrected chi connectivity index (χ2v) is 12.0. The van der Waals surface area contributed by atoms with Crippen LogP contribution in [0.2, 0.25) is 0 Å². The third kappa shape index (κ3) is 4.86. The SMILES string of the molecule is CP(=O)(O)CCC/C=C\CC1C2CC[C@H](C2)C1NC(=O)C1CCc2ccccc21. The summed E-state index contributed by atoms with van der Waals surface area (Å²) in [4.78, 5) is 22.5. The zero-order valence-electron chi connectivity index (χ0n) is 17.4. The molecule has 1 aromatic carbocycles. The number of rotatable bonds is 8. The molecular formula is C24H34NO3P. The van der Waals surface area contributed by atoms with Crippen molar-refractivity contribution in [3.05, 3.63) is 47.5 Å². The van der Waals surface area contributed by atoms with Crippen LogP contribution in [-0.4, -0.2) is 29.7 Å². The van der Waals surface area contributed by atoms with Gasteiger partial charge in [-0.05, 0) is 80.2 Å². The van der Waals surface area contributed by atoms with E-state index in [1.807, 2.05) is 6.07 Å². The number of carbonyl (C=O) groups excluding carboxylic acids is 1. The summed E-state index contributed by atoms with van der Waals surface area (Å²) in [5.74, 6) is 2.16. The summed E-state index contributed by atoms with van der Waals surface area (Å²) >= 11 is 0. The van der Waals surface area contributed by atoms with Gasteiger partial charge in [0.05, 0.1) is 5.92 Å². The molecule has 29 heavy (non-hydrogen) atoms. The predicted molar refractivity (Wildman–Crippen MR) is 117 cm³/mol. The maximum absolute atomic E-state index is 13.1. The lowest BCUT2D eigenvalue weighted by molar-refractivity contribution is -0.124. The highest BCUT2D eigenvalue weighted by molar-refractivity contribution is 7.57. The minimum Gasteiger partial charge on any atom is -0.352 e. The Hall–Kier alpha value is -1.38. The van der Waals surface area contributed by atoms with E-state index in [-0.39, 0.29) is 11.8 Å². The first kappa shape index (κ1) is 20.9. The quantitative estimate of drug-likeness (QED) is 0.361. The number of benzene rings is 1. The van der Waals surface area contributed by atoms with Crippen LogP contribution in [0.1, 0.15) is 62.0 Å². The van der Waals surface area contributed by atoms with Gasteiger partial charge < -0.3 is 10.2 Å². The van der Waals surface area contributed by atoms with E-state index in [0.717, 1.165) is 38.0 Å². The van der Waals surface area contributed by atoms with Crippen molar-refractivity contribution in [2.24, 2.45) is 17.8 Å². The zero-order valence-corrected chi connectivity index (χ0v) is 18.3. The molecule has 6 atom stereocenters. The number of carbonyl (C=O) groups is 1. The van der Waals surface area contributed by atoms with Crippen molar-refractivity contribution in [2.45, 2.75) is 63.3 Å². The molecule has 0 saturated heterocycles. The van der Waals surface area contributed by atoms with E-state index in [0.29, 0.717) is 24.0 Å². The maximum atomic E-state index is 13.1. The molecule has 0 aliphatic heterocycles. The summed E-state index contributed by atoms with van der Waals surface area (Å²) in [5, 5.41) is 3.47. The van der Waals surface area contributed by atoms with Gasteiger partial charge in [-0.25, -0.2) is 0 Å². The first-order valence-corrected chi connectivity index (χ1v) is 13.5. The third-order valence-corrected chi connectivity index (χ3v) is 8.51. The van der Waals surface area contributed by atoms with Gasteiger partial charge in [-0.15, -0.1) is 0 Å². The molecular weight excluding hydrogens is 381 g/mol. The number of unbranched alkanes of at least 4 members (excludes halogenated alkanes) is 1. The van der Waals surface area contributed by atoms with Gasteiger partial charge in [-0.3, -0.25) is 9.36 Å². The third-order valence-electron chi connectivity index (χ3n) is 7.37. The smallest absolute Gasteiger partial charge is 0.227 e. The largest absolute Gasteiger partial charge is 0.352 e. The van der Waals surface area contributed by atoms with Gasteiger partial charge in [0.15, 0.2) is 7.37 Å². The topological polar surface area (TPSA) is 66.4 Å². The van der Waals surface area contributed by atoms with Crippen LogP contribution < -0.4 is 5.32 Å². The summed E-state index contributed by atoms with van der Waals surface area (Å²) in [6.07, 6.45) is 13.2. The van der Waals surface area contributed by atoms with E-state index in [2.05, 4.69) is 35.7 Å². The van der Waals surface area contributed by atoms with Crippen molar-refractivity contribution in [1.29, 1.82) is 0 Å². The van der Waals surface area contributed by atoms with Gasteiger partial charge in [-0.2, -0.15) is 0 Å². The molecule has 4 nitrogen and oxygen atoms in total. The van der Waals surface area contributed by atoms with Crippen LogP contribution in [0, 0.1) is 17.8 Å². The van der Waals surface area contributed by atoms with Crippen LogP contribution >= 0.6 is 7.37 Å². The molecule has 0 heterocycles. The molecule has 2 bridgehead atoms. The fraction of sp³-hybridized carbons (Fsp3) is 0.625. The normalized spacial score (nSPS) is 32.4. The molecule has 5 unspecified atom stereocenters. The summed E-state index contributed by atoms with van der Waals surface area (Å²) in [5.41, 5.74) is 2.56. The van der Waals surface area contributed by atoms with Gasteiger partial charge in [0.25, 0.3) is 0 Å². The molecule has 4 rings (SSSR count). The molecule has 0 radical (unpaired) electrons. The van der Waals surface area contributed by atoms with Crippen LogP contribution in [-0.2, 0) is 15.8 Å². The molecule has 1 amide bonds. The molecule has 158 valence electrons. The molecule has 2 saturated carbocycles. The minimum atomic E-state index is -2.89. The van der Waals surface area contributed by atoms with Gasteiger partial charge in [0.2, 0.25) is 5.91 Å². The number of hydrogen-bond acceptors (Lipinski definition) is 2. The Balaban J connectivity index is 1.33. The zero-order chi connectivity index (χ0) is 20.4. The number of nitrogens with one attached hydrogen (secondary N) is 1. The highest BCUT2D eigenvalue weighted by atomic mass is 31.2. The second-order valence-electron chi connectivity index (χ2n) is 9.45. The van der Waals surface area contributed by atoms with Crippen molar-refractivity contribution in [2.75, 3.05) is 12.8 Å². The number of hydrogen-bond donors (Lipinski definition) is 2. The molecule has 0 aromatic heterocycles. The second kappa shape index (κ2) is 8.78. The van der Waals surface area contributed by atoms with Crippen molar-refractivity contribution in [1.82, 2.24) is 5.32 Å². The monoisotopic (exact) mass is 415 g/mol. The Morgan fingerprint density at radius 3 is 2.83 bits per heavy atom. The summed E-state index contributed by atoms with van der Waals surface area (Å²) in [7, 11) is -2.89. The number of allylic oxidation sites excluding steroid dienone is 2. The Kier molecular flexibility index (Phi) is 6.32. The standard InChI is InChI=1S/C24H34NO3P/c1-29(27,28)15-7-3-2-4-10-21-18-11-12-19(16-18)23(21)25-24(26)22-14-13-17-8-5-6-9-20(17)22/h2,4-6,8-9,18-19,21-23H,3,7,10-16H2,1H3,(H,25,26)(H,27,28)/b4-2-/t18?,19-,21?,22?,23?/m1/s1. The molecule has 0 spiro atoms.